The summed E-state index contributed by atoms with van der Waals surface area (Å²) in [6.45, 7) is 0.627. The van der Waals surface area contributed by atoms with Crippen LogP contribution in [0.1, 0.15) is 40.5 Å². The summed E-state index contributed by atoms with van der Waals surface area (Å²) in [7, 11) is 0. The minimum atomic E-state index is -0.0569. The molecule has 0 bridgehead atoms. The third kappa shape index (κ3) is 2.37. The molecule has 26 heavy (non-hydrogen) atoms. The van der Waals surface area contributed by atoms with E-state index in [0.717, 1.165) is 24.1 Å². The number of fused-ring (bicyclic) bond motifs is 5. The third-order valence-electron chi connectivity index (χ3n) is 5.86. The van der Waals surface area contributed by atoms with Crippen LogP contribution in [0.2, 0.25) is 0 Å². The number of anilines is 1. The van der Waals surface area contributed by atoms with Crippen molar-refractivity contribution in [3.8, 4) is 0 Å². The molecule has 1 aliphatic heterocycles. The van der Waals surface area contributed by atoms with Gasteiger partial charge in [0.2, 0.25) is 5.91 Å². The van der Waals surface area contributed by atoms with Crippen molar-refractivity contribution in [2.45, 2.75) is 31.2 Å². The maximum atomic E-state index is 13.6. The van der Waals surface area contributed by atoms with Crippen molar-refractivity contribution in [3.63, 3.8) is 0 Å². The molecule has 5 rings (SSSR count). The molecule has 0 radical (unpaired) electrons. The van der Waals surface area contributed by atoms with Crippen LogP contribution in [-0.4, -0.2) is 5.91 Å². The number of hydrogen-bond acceptors (Lipinski definition) is 1. The fraction of sp³-hybridized carbons (Fsp3) is 0.208. The second kappa shape index (κ2) is 6.14. The first kappa shape index (κ1) is 15.4. The molecule has 0 unspecified atom stereocenters. The van der Waals surface area contributed by atoms with Gasteiger partial charge in [-0.15, -0.1) is 0 Å². The maximum absolute atomic E-state index is 13.6. The van der Waals surface area contributed by atoms with Gasteiger partial charge in [-0.25, -0.2) is 0 Å². The smallest absolute Gasteiger partial charge is 0.235 e. The molecule has 128 valence electrons. The van der Waals surface area contributed by atoms with E-state index in [1.165, 1.54) is 16.7 Å². The highest BCUT2D eigenvalue weighted by Crippen LogP contribution is 2.50. The minimum Gasteiger partial charge on any atom is -0.307 e. The summed E-state index contributed by atoms with van der Waals surface area (Å²) in [6.07, 6.45) is 2.10. The van der Waals surface area contributed by atoms with Crippen molar-refractivity contribution in [1.29, 1.82) is 0 Å². The van der Waals surface area contributed by atoms with Crippen LogP contribution >= 0.6 is 0 Å². The molecule has 3 aromatic carbocycles. The van der Waals surface area contributed by atoms with Gasteiger partial charge < -0.3 is 4.90 Å². The lowest BCUT2D eigenvalue weighted by atomic mass is 9.69. The quantitative estimate of drug-likeness (QED) is 0.640. The maximum Gasteiger partial charge on any atom is 0.235 e. The predicted octanol–water partition coefficient (Wildman–Crippen LogP) is 5.05. The summed E-state index contributed by atoms with van der Waals surface area (Å²) in [5, 5.41) is 0. The third-order valence-corrected chi connectivity index (χ3v) is 5.86. The Bertz CT molecular complexity index is 963. The highest BCUT2D eigenvalue weighted by molar-refractivity contribution is 6.02. The van der Waals surface area contributed by atoms with Gasteiger partial charge in [-0.3, -0.25) is 4.79 Å². The summed E-state index contributed by atoms with van der Waals surface area (Å²) < 4.78 is 0. The van der Waals surface area contributed by atoms with E-state index in [9.17, 15) is 4.79 Å². The molecule has 0 spiro atoms. The molecule has 2 nitrogen and oxygen atoms in total. The average Bonchev–Trinajstić information content (AvgIpc) is 2.71. The number of para-hydroxylation sites is 1. The number of benzene rings is 3. The molecule has 2 heteroatoms. The van der Waals surface area contributed by atoms with Crippen LogP contribution in [0.4, 0.5) is 5.69 Å². The average molecular weight is 339 g/mol. The molecule has 0 fully saturated rings. The first-order valence-corrected chi connectivity index (χ1v) is 9.35. The van der Waals surface area contributed by atoms with Crippen molar-refractivity contribution in [1.82, 2.24) is 0 Å². The molecule has 0 saturated heterocycles. The molecular weight excluding hydrogens is 318 g/mol. The summed E-state index contributed by atoms with van der Waals surface area (Å²) in [5.74, 6) is 0.476. The Hall–Kier alpha value is -2.87. The summed E-state index contributed by atoms with van der Waals surface area (Å²) >= 11 is 0. The lowest BCUT2D eigenvalue weighted by Gasteiger charge is -2.42. The van der Waals surface area contributed by atoms with Gasteiger partial charge in [-0.05, 0) is 41.2 Å². The van der Waals surface area contributed by atoms with E-state index in [-0.39, 0.29) is 11.8 Å². The fourth-order valence-corrected chi connectivity index (χ4v) is 4.66. The standard InChI is InChI=1S/C24H21NO/c26-24-23-19-11-5-4-10-18(19)14-15-21(23)20-12-6-7-13-22(20)25(24)16-17-8-2-1-3-9-17/h1-13,21,23H,14-16H2/t21-,23-/m1/s1. The summed E-state index contributed by atoms with van der Waals surface area (Å²) in [6, 6.07) is 27.2. The van der Waals surface area contributed by atoms with E-state index in [1.807, 2.05) is 29.2 Å². The topological polar surface area (TPSA) is 20.3 Å². The van der Waals surface area contributed by atoms with Gasteiger partial charge in [-0.2, -0.15) is 0 Å². The Morgan fingerprint density at radius 2 is 1.50 bits per heavy atom. The van der Waals surface area contributed by atoms with Gasteiger partial charge in [-0.1, -0.05) is 72.8 Å². The second-order valence-corrected chi connectivity index (χ2v) is 7.29. The molecule has 1 heterocycles. The van der Waals surface area contributed by atoms with Crippen molar-refractivity contribution < 1.29 is 4.79 Å². The lowest BCUT2D eigenvalue weighted by Crippen LogP contribution is -2.43. The molecule has 2 aliphatic rings. The van der Waals surface area contributed by atoms with Crippen LogP contribution < -0.4 is 4.90 Å². The Morgan fingerprint density at radius 1 is 0.808 bits per heavy atom. The highest BCUT2D eigenvalue weighted by Gasteiger charge is 2.43. The summed E-state index contributed by atoms with van der Waals surface area (Å²) in [5.41, 5.74) is 6.13. The Labute approximate surface area is 154 Å². The second-order valence-electron chi connectivity index (χ2n) is 7.29. The van der Waals surface area contributed by atoms with E-state index in [1.54, 1.807) is 0 Å². The Kier molecular flexibility index (Phi) is 3.63. The van der Waals surface area contributed by atoms with Gasteiger partial charge in [0, 0.05) is 11.6 Å². The zero-order valence-corrected chi connectivity index (χ0v) is 14.6. The minimum absolute atomic E-state index is 0.0569. The van der Waals surface area contributed by atoms with Crippen LogP contribution in [0.15, 0.2) is 78.9 Å². The number of rotatable bonds is 2. The molecule has 1 amide bonds. The number of carbonyl (C=O) groups excluding carboxylic acids is 1. The molecular formula is C24H21NO. The molecule has 0 N–H and O–H groups in total. The van der Waals surface area contributed by atoms with E-state index in [4.69, 9.17) is 0 Å². The van der Waals surface area contributed by atoms with E-state index in [2.05, 4.69) is 54.6 Å². The van der Waals surface area contributed by atoms with Crippen LogP contribution in [0.5, 0.6) is 0 Å². The molecule has 3 aromatic rings. The fourth-order valence-electron chi connectivity index (χ4n) is 4.66. The van der Waals surface area contributed by atoms with Crippen molar-refractivity contribution >= 4 is 11.6 Å². The monoisotopic (exact) mass is 339 g/mol. The van der Waals surface area contributed by atoms with Gasteiger partial charge in [0.25, 0.3) is 0 Å². The van der Waals surface area contributed by atoms with Crippen molar-refractivity contribution in [2.24, 2.45) is 0 Å². The SMILES string of the molecule is O=C1[C@@H]2c3ccccc3CC[C@@H]2c2ccccc2N1Cc1ccccc1. The number of amides is 1. The van der Waals surface area contributed by atoms with Gasteiger partial charge in [0.15, 0.2) is 0 Å². The van der Waals surface area contributed by atoms with Crippen molar-refractivity contribution in [3.05, 3.63) is 101 Å². The number of carbonyl (C=O) groups is 1. The first-order valence-electron chi connectivity index (χ1n) is 9.35. The largest absolute Gasteiger partial charge is 0.307 e. The predicted molar refractivity (Wildman–Crippen MR) is 104 cm³/mol. The summed E-state index contributed by atoms with van der Waals surface area (Å²) in [4.78, 5) is 15.6. The molecule has 2 atom stereocenters. The Morgan fingerprint density at radius 3 is 2.35 bits per heavy atom. The molecule has 0 aromatic heterocycles. The number of nitrogens with zero attached hydrogens (tertiary/aromatic N) is 1. The Balaban J connectivity index is 1.64. The van der Waals surface area contributed by atoms with Crippen LogP contribution in [0.25, 0.3) is 0 Å². The zero-order valence-electron chi connectivity index (χ0n) is 14.6. The van der Waals surface area contributed by atoms with E-state index < -0.39 is 0 Å². The van der Waals surface area contributed by atoms with Crippen LogP contribution in [0.3, 0.4) is 0 Å². The zero-order chi connectivity index (χ0) is 17.5. The normalized spacial score (nSPS) is 20.9. The van der Waals surface area contributed by atoms with Crippen molar-refractivity contribution in [2.75, 3.05) is 4.90 Å². The van der Waals surface area contributed by atoms with E-state index >= 15 is 0 Å². The first-order chi connectivity index (χ1) is 12.8. The lowest BCUT2D eigenvalue weighted by molar-refractivity contribution is -0.121. The number of hydrogen-bond donors (Lipinski definition) is 0. The highest BCUT2D eigenvalue weighted by atomic mass is 16.2. The van der Waals surface area contributed by atoms with E-state index in [0.29, 0.717) is 12.5 Å². The molecule has 1 aliphatic carbocycles. The molecule has 0 saturated carbocycles. The van der Waals surface area contributed by atoms with Gasteiger partial charge in [0.05, 0.1) is 12.5 Å². The van der Waals surface area contributed by atoms with Crippen LogP contribution in [0, 0.1) is 0 Å². The van der Waals surface area contributed by atoms with Gasteiger partial charge in [0.1, 0.15) is 0 Å². The number of aryl methyl sites for hydroxylation is 1. The van der Waals surface area contributed by atoms with Crippen LogP contribution in [-0.2, 0) is 17.8 Å². The van der Waals surface area contributed by atoms with Gasteiger partial charge >= 0.3 is 0 Å².